The Bertz CT molecular complexity index is 973. The van der Waals surface area contributed by atoms with Crippen LogP contribution in [0.2, 0.25) is 0 Å². The fourth-order valence-corrected chi connectivity index (χ4v) is 3.90. The molecule has 0 fully saturated rings. The van der Waals surface area contributed by atoms with Gasteiger partial charge in [0.05, 0.1) is 13.7 Å². The van der Waals surface area contributed by atoms with Crippen molar-refractivity contribution in [2.75, 3.05) is 7.11 Å². The first-order chi connectivity index (χ1) is 15.0. The SMILES string of the molecule is CCC(C)NC(=O)c1csc(CN(Cc2ccc(F)cc2)Cc2ccc(OC)cc2)n1. The number of ether oxygens (including phenoxy) is 1. The number of methoxy groups -OCH3 is 1. The van der Waals surface area contributed by atoms with Crippen molar-refractivity contribution in [3.8, 4) is 5.75 Å². The minimum atomic E-state index is -0.248. The summed E-state index contributed by atoms with van der Waals surface area (Å²) in [6, 6.07) is 14.6. The molecule has 31 heavy (non-hydrogen) atoms. The second-order valence-corrected chi connectivity index (χ2v) is 8.47. The van der Waals surface area contributed by atoms with Crippen molar-refractivity contribution < 1.29 is 13.9 Å². The fourth-order valence-electron chi connectivity index (χ4n) is 3.08. The molecule has 0 saturated heterocycles. The molecule has 5 nitrogen and oxygen atoms in total. The van der Waals surface area contributed by atoms with E-state index in [4.69, 9.17) is 4.74 Å². The standard InChI is InChI=1S/C24H28FN3O2S/c1-4-17(2)26-24(29)22-16-31-23(27-22)15-28(13-18-5-9-20(25)10-6-18)14-19-7-11-21(30-3)12-8-19/h5-12,16-17H,4,13-15H2,1-3H3,(H,26,29). The number of carbonyl (C=O) groups excluding carboxylic acids is 1. The average Bonchev–Trinajstić information content (AvgIpc) is 3.24. The molecular weight excluding hydrogens is 413 g/mol. The van der Waals surface area contributed by atoms with Crippen LogP contribution in [0.4, 0.5) is 4.39 Å². The zero-order chi connectivity index (χ0) is 22.2. The Hall–Kier alpha value is -2.77. The molecule has 0 saturated carbocycles. The molecule has 1 heterocycles. The third-order valence-electron chi connectivity index (χ3n) is 5.02. The lowest BCUT2D eigenvalue weighted by Gasteiger charge is -2.21. The van der Waals surface area contributed by atoms with Gasteiger partial charge in [-0.2, -0.15) is 0 Å². The topological polar surface area (TPSA) is 54.5 Å². The van der Waals surface area contributed by atoms with E-state index in [9.17, 15) is 9.18 Å². The molecule has 2 aromatic carbocycles. The van der Waals surface area contributed by atoms with E-state index in [1.165, 1.54) is 23.5 Å². The van der Waals surface area contributed by atoms with Crippen LogP contribution in [0.3, 0.4) is 0 Å². The number of halogens is 1. The fraction of sp³-hybridized carbons (Fsp3) is 0.333. The number of aromatic nitrogens is 1. The van der Waals surface area contributed by atoms with Crippen LogP contribution in [0, 0.1) is 5.82 Å². The number of rotatable bonds is 10. The van der Waals surface area contributed by atoms with Crippen molar-refractivity contribution in [3.05, 3.63) is 81.6 Å². The molecular formula is C24H28FN3O2S. The average molecular weight is 442 g/mol. The number of hydrogen-bond acceptors (Lipinski definition) is 5. The summed E-state index contributed by atoms with van der Waals surface area (Å²) in [5.74, 6) is 0.421. The summed E-state index contributed by atoms with van der Waals surface area (Å²) >= 11 is 1.48. The first-order valence-electron chi connectivity index (χ1n) is 10.3. The van der Waals surface area contributed by atoms with Gasteiger partial charge in [-0.25, -0.2) is 9.37 Å². The van der Waals surface area contributed by atoms with E-state index in [0.29, 0.717) is 25.3 Å². The molecule has 0 aliphatic rings. The first kappa shape index (κ1) is 22.9. The minimum absolute atomic E-state index is 0.114. The van der Waals surface area contributed by atoms with Crippen molar-refractivity contribution in [2.45, 2.75) is 45.9 Å². The van der Waals surface area contributed by atoms with Gasteiger partial charge in [-0.1, -0.05) is 31.2 Å². The highest BCUT2D eigenvalue weighted by Gasteiger charge is 2.15. The molecule has 0 aliphatic heterocycles. The van der Waals surface area contributed by atoms with Crippen LogP contribution >= 0.6 is 11.3 Å². The van der Waals surface area contributed by atoms with Gasteiger partial charge in [-0.3, -0.25) is 9.69 Å². The van der Waals surface area contributed by atoms with Gasteiger partial charge in [0.25, 0.3) is 5.91 Å². The highest BCUT2D eigenvalue weighted by Crippen LogP contribution is 2.19. The van der Waals surface area contributed by atoms with Crippen LogP contribution in [0.5, 0.6) is 5.75 Å². The van der Waals surface area contributed by atoms with E-state index in [1.54, 1.807) is 24.6 Å². The summed E-state index contributed by atoms with van der Waals surface area (Å²) in [7, 11) is 1.65. The van der Waals surface area contributed by atoms with E-state index in [1.807, 2.05) is 38.1 Å². The van der Waals surface area contributed by atoms with Gasteiger partial charge >= 0.3 is 0 Å². The highest BCUT2D eigenvalue weighted by molar-refractivity contribution is 7.09. The van der Waals surface area contributed by atoms with E-state index in [-0.39, 0.29) is 17.8 Å². The quantitative estimate of drug-likeness (QED) is 0.480. The van der Waals surface area contributed by atoms with Gasteiger partial charge in [0, 0.05) is 24.5 Å². The Labute approximate surface area is 186 Å². The Morgan fingerprint density at radius 2 is 1.71 bits per heavy atom. The molecule has 0 spiro atoms. The van der Waals surface area contributed by atoms with Gasteiger partial charge in [0.1, 0.15) is 22.3 Å². The molecule has 3 aromatic rings. The third-order valence-corrected chi connectivity index (χ3v) is 5.85. The Kier molecular flexibility index (Phi) is 8.14. The summed E-state index contributed by atoms with van der Waals surface area (Å²) < 4.78 is 18.6. The molecule has 3 rings (SSSR count). The normalized spacial score (nSPS) is 12.0. The van der Waals surface area contributed by atoms with Crippen molar-refractivity contribution in [2.24, 2.45) is 0 Å². The number of hydrogen-bond donors (Lipinski definition) is 1. The molecule has 1 N–H and O–H groups in total. The predicted octanol–water partition coefficient (Wildman–Crippen LogP) is 5.02. The number of thiazole rings is 1. The summed E-state index contributed by atoms with van der Waals surface area (Å²) in [4.78, 5) is 19.1. The Morgan fingerprint density at radius 1 is 1.10 bits per heavy atom. The smallest absolute Gasteiger partial charge is 0.270 e. The van der Waals surface area contributed by atoms with E-state index in [0.717, 1.165) is 28.3 Å². The number of nitrogens with zero attached hydrogens (tertiary/aromatic N) is 2. The molecule has 1 amide bonds. The summed E-state index contributed by atoms with van der Waals surface area (Å²) in [6.45, 7) is 5.93. The molecule has 0 aliphatic carbocycles. The monoisotopic (exact) mass is 441 g/mol. The molecule has 1 atom stereocenters. The van der Waals surface area contributed by atoms with Gasteiger partial charge in [-0.05, 0) is 48.7 Å². The molecule has 1 aromatic heterocycles. The van der Waals surface area contributed by atoms with Gasteiger partial charge in [-0.15, -0.1) is 11.3 Å². The summed E-state index contributed by atoms with van der Waals surface area (Å²) in [6.07, 6.45) is 0.871. The van der Waals surface area contributed by atoms with Crippen molar-refractivity contribution in [1.82, 2.24) is 15.2 Å². The van der Waals surface area contributed by atoms with Crippen LogP contribution in [-0.2, 0) is 19.6 Å². The molecule has 1 unspecified atom stereocenters. The zero-order valence-electron chi connectivity index (χ0n) is 18.1. The summed E-state index contributed by atoms with van der Waals surface area (Å²) in [5.41, 5.74) is 2.60. The van der Waals surface area contributed by atoms with Crippen molar-refractivity contribution >= 4 is 17.2 Å². The maximum atomic E-state index is 13.3. The van der Waals surface area contributed by atoms with E-state index < -0.39 is 0 Å². The van der Waals surface area contributed by atoms with Crippen LogP contribution in [0.1, 0.15) is 46.9 Å². The lowest BCUT2D eigenvalue weighted by Crippen LogP contribution is -2.32. The van der Waals surface area contributed by atoms with Crippen LogP contribution in [-0.4, -0.2) is 28.9 Å². The molecule has 7 heteroatoms. The van der Waals surface area contributed by atoms with Crippen LogP contribution in [0.25, 0.3) is 0 Å². The zero-order valence-corrected chi connectivity index (χ0v) is 18.9. The van der Waals surface area contributed by atoms with Gasteiger partial charge in [0.2, 0.25) is 0 Å². The highest BCUT2D eigenvalue weighted by atomic mass is 32.1. The number of nitrogens with one attached hydrogen (secondary N) is 1. The molecule has 0 radical (unpaired) electrons. The predicted molar refractivity (Wildman–Crippen MR) is 122 cm³/mol. The van der Waals surface area contributed by atoms with Crippen LogP contribution in [0.15, 0.2) is 53.9 Å². The summed E-state index contributed by atoms with van der Waals surface area (Å²) in [5, 5.41) is 5.62. The van der Waals surface area contributed by atoms with Crippen molar-refractivity contribution in [3.63, 3.8) is 0 Å². The number of carbonyl (C=O) groups is 1. The van der Waals surface area contributed by atoms with Gasteiger partial charge < -0.3 is 10.1 Å². The Morgan fingerprint density at radius 3 is 2.29 bits per heavy atom. The van der Waals surface area contributed by atoms with E-state index in [2.05, 4.69) is 15.2 Å². The lowest BCUT2D eigenvalue weighted by atomic mass is 10.1. The molecule has 0 bridgehead atoms. The largest absolute Gasteiger partial charge is 0.497 e. The van der Waals surface area contributed by atoms with Gasteiger partial charge in [0.15, 0.2) is 0 Å². The third kappa shape index (κ3) is 6.87. The number of amides is 1. The second kappa shape index (κ2) is 11.0. The van der Waals surface area contributed by atoms with Crippen molar-refractivity contribution in [1.29, 1.82) is 0 Å². The van der Waals surface area contributed by atoms with E-state index >= 15 is 0 Å². The maximum absolute atomic E-state index is 13.3. The Balaban J connectivity index is 1.74. The molecule has 164 valence electrons. The maximum Gasteiger partial charge on any atom is 0.270 e. The second-order valence-electron chi connectivity index (χ2n) is 7.53. The lowest BCUT2D eigenvalue weighted by molar-refractivity contribution is 0.0934. The minimum Gasteiger partial charge on any atom is -0.497 e. The number of benzene rings is 2. The first-order valence-corrected chi connectivity index (χ1v) is 11.2. The van der Waals surface area contributed by atoms with Crippen LogP contribution < -0.4 is 10.1 Å².